The number of methoxy groups -OCH3 is 1. The van der Waals surface area contributed by atoms with Gasteiger partial charge in [0.1, 0.15) is 18.4 Å². The van der Waals surface area contributed by atoms with Crippen LogP contribution in [0.4, 0.5) is 0 Å². The second-order valence-corrected chi connectivity index (χ2v) is 8.72. The normalized spacial score (nSPS) is 11.7. The number of amides is 2. The van der Waals surface area contributed by atoms with Gasteiger partial charge in [-0.3, -0.25) is 9.59 Å². The number of carbonyl (C=O) groups excluding carboxylic acids is 2. The summed E-state index contributed by atoms with van der Waals surface area (Å²) in [5.74, 6) is 1.01. The molecule has 0 fully saturated rings. The van der Waals surface area contributed by atoms with E-state index in [1.807, 2.05) is 43.3 Å². The fourth-order valence-corrected chi connectivity index (χ4v) is 3.92. The summed E-state index contributed by atoms with van der Waals surface area (Å²) in [6.07, 6.45) is 1.51. The molecule has 2 N–H and O–H groups in total. The highest BCUT2D eigenvalue weighted by atomic mass is 16.5. The molecule has 0 aliphatic rings. The molecule has 4 aromatic rings. The molecule has 1 atom stereocenters. The molecule has 0 radical (unpaired) electrons. The van der Waals surface area contributed by atoms with Gasteiger partial charge in [-0.2, -0.15) is 5.10 Å². The Morgan fingerprint density at radius 2 is 1.69 bits per heavy atom. The van der Waals surface area contributed by atoms with Gasteiger partial charge < -0.3 is 19.5 Å². The number of carbonyl (C=O) groups is 2. The van der Waals surface area contributed by atoms with E-state index >= 15 is 0 Å². The monoisotopic (exact) mass is 525 g/mol. The predicted molar refractivity (Wildman–Crippen MR) is 152 cm³/mol. The van der Waals surface area contributed by atoms with E-state index < -0.39 is 11.9 Å². The van der Waals surface area contributed by atoms with Gasteiger partial charge in [-0.25, -0.2) is 5.43 Å². The fraction of sp³-hybridized carbons (Fsp3) is 0.194. The van der Waals surface area contributed by atoms with E-state index in [2.05, 4.69) is 34.0 Å². The highest BCUT2D eigenvalue weighted by Crippen LogP contribution is 2.30. The SMILES string of the molecule is CCOc1cc(C=NNC(=O)C(C)NC(=O)c2ccc(OC)cc2)ccc1OCc1cccc2ccccc12. The second kappa shape index (κ2) is 13.1. The highest BCUT2D eigenvalue weighted by molar-refractivity contribution is 5.97. The molecule has 0 saturated heterocycles. The van der Waals surface area contributed by atoms with Gasteiger partial charge in [0.15, 0.2) is 11.5 Å². The first-order valence-electron chi connectivity index (χ1n) is 12.6. The summed E-state index contributed by atoms with van der Waals surface area (Å²) < 4.78 is 17.0. The number of nitrogens with one attached hydrogen (secondary N) is 2. The quantitative estimate of drug-likeness (QED) is 0.210. The van der Waals surface area contributed by atoms with Crippen LogP contribution >= 0.6 is 0 Å². The van der Waals surface area contributed by atoms with Gasteiger partial charge in [0.05, 0.1) is 19.9 Å². The van der Waals surface area contributed by atoms with Gasteiger partial charge in [-0.1, -0.05) is 42.5 Å². The lowest BCUT2D eigenvalue weighted by atomic mass is 10.1. The van der Waals surface area contributed by atoms with Crippen LogP contribution in [0.15, 0.2) is 90.0 Å². The van der Waals surface area contributed by atoms with Crippen molar-refractivity contribution in [2.24, 2.45) is 5.10 Å². The Balaban J connectivity index is 1.35. The molecule has 0 aliphatic heterocycles. The van der Waals surface area contributed by atoms with Crippen LogP contribution in [-0.2, 0) is 11.4 Å². The standard InChI is InChI=1S/C31H31N3O5/c1-4-38-29-18-22(12-17-28(29)39-20-25-10-7-9-23-8-5-6-11-27(23)25)19-32-34-30(35)21(2)33-31(36)24-13-15-26(37-3)16-14-24/h5-19,21H,4,20H2,1-3H3,(H,33,36)(H,34,35). The van der Waals surface area contributed by atoms with Crippen LogP contribution in [0.2, 0.25) is 0 Å². The Hall–Kier alpha value is -4.85. The molecular formula is C31H31N3O5. The Kier molecular flexibility index (Phi) is 9.13. The predicted octanol–water partition coefficient (Wildman–Crippen LogP) is 5.09. The van der Waals surface area contributed by atoms with Crippen molar-refractivity contribution in [2.45, 2.75) is 26.5 Å². The number of fused-ring (bicyclic) bond motifs is 1. The molecule has 0 aliphatic carbocycles. The molecule has 2 amide bonds. The average Bonchev–Trinajstić information content (AvgIpc) is 2.96. The summed E-state index contributed by atoms with van der Waals surface area (Å²) in [7, 11) is 1.55. The number of nitrogens with zero attached hydrogens (tertiary/aromatic N) is 1. The molecule has 0 aromatic heterocycles. The van der Waals surface area contributed by atoms with E-state index in [-0.39, 0.29) is 5.91 Å². The maximum atomic E-state index is 12.4. The smallest absolute Gasteiger partial charge is 0.262 e. The van der Waals surface area contributed by atoms with E-state index in [0.29, 0.717) is 41.6 Å². The van der Waals surface area contributed by atoms with Crippen LogP contribution in [0.1, 0.15) is 35.3 Å². The molecule has 1 unspecified atom stereocenters. The van der Waals surface area contributed by atoms with Gasteiger partial charge in [0.25, 0.3) is 11.8 Å². The zero-order valence-corrected chi connectivity index (χ0v) is 22.1. The van der Waals surface area contributed by atoms with Crippen molar-refractivity contribution >= 4 is 28.8 Å². The molecule has 8 nitrogen and oxygen atoms in total. The molecule has 8 heteroatoms. The van der Waals surface area contributed by atoms with Crippen molar-refractivity contribution < 1.29 is 23.8 Å². The minimum atomic E-state index is -0.791. The lowest BCUT2D eigenvalue weighted by Crippen LogP contribution is -2.43. The van der Waals surface area contributed by atoms with E-state index in [0.717, 1.165) is 16.3 Å². The van der Waals surface area contributed by atoms with Crippen molar-refractivity contribution in [3.8, 4) is 17.2 Å². The molecule has 0 bridgehead atoms. The van der Waals surface area contributed by atoms with Crippen LogP contribution in [0.25, 0.3) is 10.8 Å². The van der Waals surface area contributed by atoms with Gasteiger partial charge in [0.2, 0.25) is 0 Å². The van der Waals surface area contributed by atoms with E-state index in [9.17, 15) is 9.59 Å². The summed E-state index contributed by atoms with van der Waals surface area (Å²) in [4.78, 5) is 24.8. The summed E-state index contributed by atoms with van der Waals surface area (Å²) >= 11 is 0. The summed E-state index contributed by atoms with van der Waals surface area (Å²) in [5.41, 5.74) is 4.68. The van der Waals surface area contributed by atoms with Crippen LogP contribution < -0.4 is 25.0 Å². The molecule has 0 saturated carbocycles. The zero-order valence-electron chi connectivity index (χ0n) is 22.1. The maximum Gasteiger partial charge on any atom is 0.262 e. The minimum absolute atomic E-state index is 0.371. The Labute approximate surface area is 227 Å². The second-order valence-electron chi connectivity index (χ2n) is 8.72. The van der Waals surface area contributed by atoms with Gasteiger partial charge in [0, 0.05) is 5.56 Å². The largest absolute Gasteiger partial charge is 0.497 e. The van der Waals surface area contributed by atoms with Crippen molar-refractivity contribution in [2.75, 3.05) is 13.7 Å². The molecule has 4 aromatic carbocycles. The maximum absolute atomic E-state index is 12.4. The average molecular weight is 526 g/mol. The summed E-state index contributed by atoms with van der Waals surface area (Å²) in [6.45, 7) is 4.34. The number of hydrazone groups is 1. The Morgan fingerprint density at radius 1 is 0.923 bits per heavy atom. The topological polar surface area (TPSA) is 98.2 Å². The van der Waals surface area contributed by atoms with E-state index in [1.54, 1.807) is 44.4 Å². The number of rotatable bonds is 11. The molecule has 0 spiro atoms. The lowest BCUT2D eigenvalue weighted by molar-refractivity contribution is -0.122. The molecule has 39 heavy (non-hydrogen) atoms. The van der Waals surface area contributed by atoms with E-state index in [1.165, 1.54) is 6.21 Å². The minimum Gasteiger partial charge on any atom is -0.497 e. The first-order chi connectivity index (χ1) is 19.0. The van der Waals surface area contributed by atoms with Crippen LogP contribution in [0.3, 0.4) is 0 Å². The Morgan fingerprint density at radius 3 is 2.46 bits per heavy atom. The van der Waals surface area contributed by atoms with Crippen LogP contribution in [0, 0.1) is 0 Å². The van der Waals surface area contributed by atoms with Gasteiger partial charge in [-0.15, -0.1) is 0 Å². The number of benzene rings is 4. The third-order valence-corrected chi connectivity index (χ3v) is 6.01. The van der Waals surface area contributed by atoms with Crippen molar-refractivity contribution in [1.82, 2.24) is 10.7 Å². The lowest BCUT2D eigenvalue weighted by Gasteiger charge is -2.14. The van der Waals surface area contributed by atoms with Crippen LogP contribution in [-0.4, -0.2) is 37.8 Å². The molecular weight excluding hydrogens is 494 g/mol. The van der Waals surface area contributed by atoms with Crippen LogP contribution in [0.5, 0.6) is 17.2 Å². The number of ether oxygens (including phenoxy) is 3. The summed E-state index contributed by atoms with van der Waals surface area (Å²) in [5, 5.41) is 8.99. The number of hydrogen-bond donors (Lipinski definition) is 2. The summed E-state index contributed by atoms with van der Waals surface area (Å²) in [6, 6.07) is 25.6. The zero-order chi connectivity index (χ0) is 27.6. The molecule has 0 heterocycles. The third kappa shape index (κ3) is 7.13. The van der Waals surface area contributed by atoms with Crippen molar-refractivity contribution in [3.05, 3.63) is 102 Å². The van der Waals surface area contributed by atoms with Crippen molar-refractivity contribution in [1.29, 1.82) is 0 Å². The third-order valence-electron chi connectivity index (χ3n) is 6.01. The molecule has 200 valence electrons. The molecule has 4 rings (SSSR count). The first kappa shape index (κ1) is 27.2. The van der Waals surface area contributed by atoms with E-state index in [4.69, 9.17) is 14.2 Å². The van der Waals surface area contributed by atoms with Gasteiger partial charge >= 0.3 is 0 Å². The Bertz CT molecular complexity index is 1460. The first-order valence-corrected chi connectivity index (χ1v) is 12.6. The van der Waals surface area contributed by atoms with Gasteiger partial charge in [-0.05, 0) is 78.2 Å². The number of hydrogen-bond acceptors (Lipinski definition) is 6. The fourth-order valence-electron chi connectivity index (χ4n) is 3.92. The highest BCUT2D eigenvalue weighted by Gasteiger charge is 2.16. The van der Waals surface area contributed by atoms with Crippen molar-refractivity contribution in [3.63, 3.8) is 0 Å².